The molecule has 2 aromatic rings. The minimum Gasteiger partial charge on any atom is -0.494 e. The molecule has 2 aromatic carbocycles. The first kappa shape index (κ1) is 22.9. The van der Waals surface area contributed by atoms with Crippen LogP contribution >= 0.6 is 11.6 Å². The number of hydrogen-bond acceptors (Lipinski definition) is 4. The van der Waals surface area contributed by atoms with Gasteiger partial charge in [0.1, 0.15) is 11.5 Å². The number of nitrogens with zero attached hydrogens (tertiary/aromatic N) is 1. The third-order valence-electron chi connectivity index (χ3n) is 5.26. The van der Waals surface area contributed by atoms with Crippen molar-refractivity contribution in [2.45, 2.75) is 38.6 Å². The van der Waals surface area contributed by atoms with E-state index in [9.17, 15) is 9.59 Å². The monoisotopic (exact) mass is 444 g/mol. The Morgan fingerprint density at radius 2 is 1.61 bits per heavy atom. The van der Waals surface area contributed by atoms with E-state index in [1.165, 1.54) is 0 Å². The van der Waals surface area contributed by atoms with E-state index >= 15 is 0 Å². The maximum atomic E-state index is 12.5. The molecule has 3 rings (SSSR count). The average molecular weight is 445 g/mol. The Balaban J connectivity index is 1.33. The summed E-state index contributed by atoms with van der Waals surface area (Å²) in [4.78, 5) is 26.6. The van der Waals surface area contributed by atoms with Crippen molar-refractivity contribution in [1.29, 1.82) is 0 Å². The van der Waals surface area contributed by atoms with Crippen LogP contribution in [-0.2, 0) is 16.0 Å². The van der Waals surface area contributed by atoms with Crippen LogP contribution in [0.25, 0.3) is 0 Å². The number of amides is 2. The van der Waals surface area contributed by atoms with Crippen LogP contribution in [0.1, 0.15) is 31.7 Å². The molecular formula is C24H29ClN2O4. The zero-order valence-electron chi connectivity index (χ0n) is 17.8. The van der Waals surface area contributed by atoms with Gasteiger partial charge in [-0.1, -0.05) is 23.7 Å². The van der Waals surface area contributed by atoms with Gasteiger partial charge in [-0.25, -0.2) is 0 Å². The van der Waals surface area contributed by atoms with Gasteiger partial charge in [-0.3, -0.25) is 9.59 Å². The molecule has 1 heterocycles. The Labute approximate surface area is 188 Å². The van der Waals surface area contributed by atoms with Gasteiger partial charge in [0.05, 0.1) is 6.61 Å². The van der Waals surface area contributed by atoms with E-state index in [-0.39, 0.29) is 24.5 Å². The number of piperidine rings is 1. The molecule has 0 aromatic heterocycles. The summed E-state index contributed by atoms with van der Waals surface area (Å²) in [6, 6.07) is 14.9. The Bertz CT molecular complexity index is 847. The molecule has 0 spiro atoms. The summed E-state index contributed by atoms with van der Waals surface area (Å²) in [5.74, 6) is 1.40. The highest BCUT2D eigenvalue weighted by atomic mass is 35.5. The third kappa shape index (κ3) is 7.47. The van der Waals surface area contributed by atoms with Gasteiger partial charge < -0.3 is 19.7 Å². The Morgan fingerprint density at radius 3 is 2.23 bits per heavy atom. The number of carbonyl (C=O) groups is 2. The van der Waals surface area contributed by atoms with E-state index < -0.39 is 0 Å². The van der Waals surface area contributed by atoms with Crippen molar-refractivity contribution in [3.05, 3.63) is 59.1 Å². The van der Waals surface area contributed by atoms with E-state index in [0.717, 1.165) is 24.2 Å². The minimum absolute atomic E-state index is 0.0335. The number of nitrogens with one attached hydrogen (secondary N) is 1. The predicted octanol–water partition coefficient (Wildman–Crippen LogP) is 3.86. The van der Waals surface area contributed by atoms with E-state index in [1.54, 1.807) is 12.1 Å². The quantitative estimate of drug-likeness (QED) is 0.637. The molecule has 6 nitrogen and oxygen atoms in total. The van der Waals surface area contributed by atoms with Gasteiger partial charge in [-0.05, 0) is 68.1 Å². The topological polar surface area (TPSA) is 67.9 Å². The average Bonchev–Trinajstić information content (AvgIpc) is 2.79. The molecule has 7 heteroatoms. The number of likely N-dealkylation sites (tertiary alicyclic amines) is 1. The van der Waals surface area contributed by atoms with E-state index in [4.69, 9.17) is 21.1 Å². The highest BCUT2D eigenvalue weighted by molar-refractivity contribution is 6.30. The highest BCUT2D eigenvalue weighted by Crippen LogP contribution is 2.18. The molecule has 1 aliphatic heterocycles. The second-order valence-electron chi connectivity index (χ2n) is 7.54. The summed E-state index contributed by atoms with van der Waals surface area (Å²) < 4.78 is 10.9. The summed E-state index contributed by atoms with van der Waals surface area (Å²) in [6.07, 6.45) is 2.69. The molecule has 1 saturated heterocycles. The SMILES string of the molecule is CCOc1ccc(OCC(=O)NC2CCN(C(=O)CCc3ccc(Cl)cc3)CC2)cc1. The fourth-order valence-electron chi connectivity index (χ4n) is 3.55. The van der Waals surface area contributed by atoms with Crippen LogP contribution in [-0.4, -0.2) is 49.1 Å². The van der Waals surface area contributed by atoms with Crippen LogP contribution in [0.15, 0.2) is 48.5 Å². The van der Waals surface area contributed by atoms with Crippen LogP contribution < -0.4 is 14.8 Å². The molecule has 0 radical (unpaired) electrons. The largest absolute Gasteiger partial charge is 0.494 e. The standard InChI is InChI=1S/C24H29ClN2O4/c1-2-30-21-8-10-22(11-9-21)31-17-23(28)26-20-13-15-27(16-14-20)24(29)12-5-18-3-6-19(25)7-4-18/h3-4,6-11,20H,2,5,12-17H2,1H3,(H,26,28). The number of hydrogen-bond donors (Lipinski definition) is 1. The number of ether oxygens (including phenoxy) is 2. The Hall–Kier alpha value is -2.73. The number of aryl methyl sites for hydroxylation is 1. The summed E-state index contributed by atoms with van der Waals surface area (Å²) in [5, 5.41) is 3.70. The number of halogens is 1. The molecule has 0 bridgehead atoms. The molecule has 1 fully saturated rings. The Kier molecular flexibility index (Phi) is 8.59. The number of rotatable bonds is 9. The molecule has 31 heavy (non-hydrogen) atoms. The lowest BCUT2D eigenvalue weighted by atomic mass is 10.0. The van der Waals surface area contributed by atoms with Gasteiger partial charge in [0.2, 0.25) is 5.91 Å². The second-order valence-corrected chi connectivity index (χ2v) is 7.98. The van der Waals surface area contributed by atoms with Crippen LogP contribution in [0.5, 0.6) is 11.5 Å². The minimum atomic E-state index is -0.151. The van der Waals surface area contributed by atoms with Crippen LogP contribution in [0.3, 0.4) is 0 Å². The van der Waals surface area contributed by atoms with Crippen molar-refractivity contribution < 1.29 is 19.1 Å². The van der Waals surface area contributed by atoms with Crippen LogP contribution in [0, 0.1) is 0 Å². The molecular weight excluding hydrogens is 416 g/mol. The summed E-state index contributed by atoms with van der Waals surface area (Å²) >= 11 is 5.90. The summed E-state index contributed by atoms with van der Waals surface area (Å²) in [5.41, 5.74) is 1.10. The summed E-state index contributed by atoms with van der Waals surface area (Å²) in [7, 11) is 0. The Morgan fingerprint density at radius 1 is 1.00 bits per heavy atom. The van der Waals surface area contributed by atoms with Gasteiger partial charge in [0, 0.05) is 30.6 Å². The molecule has 0 atom stereocenters. The van der Waals surface area contributed by atoms with Crippen molar-refractivity contribution in [3.63, 3.8) is 0 Å². The zero-order chi connectivity index (χ0) is 22.1. The maximum absolute atomic E-state index is 12.5. The lowest BCUT2D eigenvalue weighted by molar-refractivity contribution is -0.132. The molecule has 0 aliphatic carbocycles. The van der Waals surface area contributed by atoms with Gasteiger partial charge in [0.25, 0.3) is 5.91 Å². The number of carbonyl (C=O) groups excluding carboxylic acids is 2. The third-order valence-corrected chi connectivity index (χ3v) is 5.51. The molecule has 0 unspecified atom stereocenters. The fraction of sp³-hybridized carbons (Fsp3) is 0.417. The highest BCUT2D eigenvalue weighted by Gasteiger charge is 2.23. The fourth-order valence-corrected chi connectivity index (χ4v) is 3.68. The molecule has 1 N–H and O–H groups in total. The van der Waals surface area contributed by atoms with Gasteiger partial charge in [-0.15, -0.1) is 0 Å². The van der Waals surface area contributed by atoms with Gasteiger partial charge >= 0.3 is 0 Å². The lowest BCUT2D eigenvalue weighted by Gasteiger charge is -2.32. The van der Waals surface area contributed by atoms with Crippen molar-refractivity contribution in [3.8, 4) is 11.5 Å². The van der Waals surface area contributed by atoms with Crippen LogP contribution in [0.2, 0.25) is 5.02 Å². The van der Waals surface area contributed by atoms with E-state index in [0.29, 0.717) is 43.3 Å². The molecule has 166 valence electrons. The molecule has 2 amide bonds. The van der Waals surface area contributed by atoms with Crippen molar-refractivity contribution >= 4 is 23.4 Å². The van der Waals surface area contributed by atoms with Crippen molar-refractivity contribution in [2.24, 2.45) is 0 Å². The summed E-state index contributed by atoms with van der Waals surface area (Å²) in [6.45, 7) is 3.81. The normalized spacial score (nSPS) is 14.2. The second kappa shape index (κ2) is 11.6. The van der Waals surface area contributed by atoms with Gasteiger partial charge in [0.15, 0.2) is 6.61 Å². The van der Waals surface area contributed by atoms with Crippen molar-refractivity contribution in [2.75, 3.05) is 26.3 Å². The zero-order valence-corrected chi connectivity index (χ0v) is 18.6. The van der Waals surface area contributed by atoms with Crippen molar-refractivity contribution in [1.82, 2.24) is 10.2 Å². The van der Waals surface area contributed by atoms with Crippen LogP contribution in [0.4, 0.5) is 0 Å². The maximum Gasteiger partial charge on any atom is 0.258 e. The first-order valence-electron chi connectivity index (χ1n) is 10.7. The van der Waals surface area contributed by atoms with E-state index in [1.807, 2.05) is 48.2 Å². The molecule has 0 saturated carbocycles. The number of benzene rings is 2. The smallest absolute Gasteiger partial charge is 0.258 e. The predicted molar refractivity (Wildman–Crippen MR) is 121 cm³/mol. The molecule has 1 aliphatic rings. The van der Waals surface area contributed by atoms with Gasteiger partial charge in [-0.2, -0.15) is 0 Å². The first-order chi connectivity index (χ1) is 15.0. The lowest BCUT2D eigenvalue weighted by Crippen LogP contribution is -2.47. The van der Waals surface area contributed by atoms with E-state index in [2.05, 4.69) is 5.32 Å². The first-order valence-corrected chi connectivity index (χ1v) is 11.1.